The van der Waals surface area contributed by atoms with Gasteiger partial charge in [0.25, 0.3) is 0 Å². The third kappa shape index (κ3) is 5.95. The first-order valence-corrected chi connectivity index (χ1v) is 10.8. The van der Waals surface area contributed by atoms with Crippen LogP contribution in [0.15, 0.2) is 27.8 Å². The largest absolute Gasteiger partial charge is 0.474 e. The van der Waals surface area contributed by atoms with Crippen LogP contribution < -0.4 is 15.4 Å². The molecule has 0 aliphatic heterocycles. The number of rotatable bonds is 9. The average molecular weight is 400 g/mol. The van der Waals surface area contributed by atoms with Gasteiger partial charge in [0.05, 0.1) is 12.2 Å². The summed E-state index contributed by atoms with van der Waals surface area (Å²) >= 11 is 0. The van der Waals surface area contributed by atoms with Crippen LogP contribution >= 0.6 is 0 Å². The minimum Gasteiger partial charge on any atom is -0.474 e. The van der Waals surface area contributed by atoms with E-state index in [0.29, 0.717) is 25.1 Å². The number of aliphatic imine (C=N–C) groups is 1. The van der Waals surface area contributed by atoms with Crippen LogP contribution in [-0.4, -0.2) is 28.7 Å². The highest BCUT2D eigenvalue weighted by atomic mass is 16.5. The van der Waals surface area contributed by atoms with Gasteiger partial charge in [0.2, 0.25) is 5.88 Å². The summed E-state index contributed by atoms with van der Waals surface area (Å²) in [6.07, 6.45) is 8.65. The van der Waals surface area contributed by atoms with Gasteiger partial charge in [0, 0.05) is 37.3 Å². The van der Waals surface area contributed by atoms with Crippen molar-refractivity contribution in [1.82, 2.24) is 20.8 Å². The zero-order chi connectivity index (χ0) is 20.5. The van der Waals surface area contributed by atoms with Crippen molar-refractivity contribution in [2.75, 3.05) is 6.54 Å². The van der Waals surface area contributed by atoms with E-state index >= 15 is 0 Å². The molecule has 2 heterocycles. The molecule has 3 rings (SSSR count). The number of aromatic nitrogens is 2. The molecule has 1 fully saturated rings. The van der Waals surface area contributed by atoms with Crippen molar-refractivity contribution in [1.29, 1.82) is 0 Å². The van der Waals surface area contributed by atoms with Crippen LogP contribution in [0.3, 0.4) is 0 Å². The first-order chi connectivity index (χ1) is 14.2. The van der Waals surface area contributed by atoms with Crippen LogP contribution in [-0.2, 0) is 25.9 Å². The molecule has 0 saturated heterocycles. The topological polar surface area (TPSA) is 84.6 Å². The molecule has 0 unspecified atom stereocenters. The Labute approximate surface area is 173 Å². The Balaban J connectivity index is 1.58. The highest BCUT2D eigenvalue weighted by Gasteiger charge is 2.17. The number of guanidine groups is 1. The second kappa shape index (κ2) is 10.8. The Morgan fingerprint density at radius 2 is 2.00 bits per heavy atom. The minimum atomic E-state index is 0.328. The van der Waals surface area contributed by atoms with Gasteiger partial charge in [-0.25, -0.2) is 9.98 Å². The predicted octanol–water partition coefficient (Wildman–Crippen LogP) is 3.77. The molecule has 0 amide bonds. The van der Waals surface area contributed by atoms with Gasteiger partial charge in [-0.1, -0.05) is 25.1 Å². The number of pyridine rings is 1. The van der Waals surface area contributed by atoms with Gasteiger partial charge in [-0.2, -0.15) is 0 Å². The molecule has 2 aromatic heterocycles. The molecule has 0 spiro atoms. The standard InChI is InChI=1S/C22H33N5O2/c1-4-19-18(20(5-2)29-27-19)15-26-22(23-6-3)25-14-16-11-12-21(24-13-16)28-17-9-7-8-10-17/h11-13,17H,4-10,14-15H2,1-3H3,(H2,23,25,26). The van der Waals surface area contributed by atoms with Gasteiger partial charge in [-0.05, 0) is 44.6 Å². The van der Waals surface area contributed by atoms with Gasteiger partial charge < -0.3 is 19.9 Å². The van der Waals surface area contributed by atoms with E-state index < -0.39 is 0 Å². The maximum atomic E-state index is 5.93. The summed E-state index contributed by atoms with van der Waals surface area (Å²) in [5.74, 6) is 2.41. The molecule has 2 N–H and O–H groups in total. The zero-order valence-corrected chi connectivity index (χ0v) is 17.8. The zero-order valence-electron chi connectivity index (χ0n) is 17.8. The monoisotopic (exact) mass is 399 g/mol. The molecule has 1 saturated carbocycles. The molecule has 1 aliphatic carbocycles. The molecule has 0 bridgehead atoms. The van der Waals surface area contributed by atoms with Crippen LogP contribution in [0.4, 0.5) is 0 Å². The van der Waals surface area contributed by atoms with Gasteiger partial charge in [-0.15, -0.1) is 0 Å². The molecule has 2 aromatic rings. The van der Waals surface area contributed by atoms with E-state index in [4.69, 9.17) is 9.26 Å². The lowest BCUT2D eigenvalue weighted by Gasteiger charge is -2.13. The Hall–Kier alpha value is -2.57. The Kier molecular flexibility index (Phi) is 7.90. The lowest BCUT2D eigenvalue weighted by molar-refractivity contribution is 0.201. The summed E-state index contributed by atoms with van der Waals surface area (Å²) in [6, 6.07) is 3.98. The fourth-order valence-electron chi connectivity index (χ4n) is 3.57. The molecular formula is C22H33N5O2. The Bertz CT molecular complexity index is 758. The lowest BCUT2D eigenvalue weighted by atomic mass is 10.1. The summed E-state index contributed by atoms with van der Waals surface area (Å²) in [5, 5.41) is 10.9. The number of hydrogen-bond acceptors (Lipinski definition) is 5. The number of hydrogen-bond donors (Lipinski definition) is 2. The summed E-state index contributed by atoms with van der Waals surface area (Å²) in [7, 11) is 0. The van der Waals surface area contributed by atoms with Crippen molar-refractivity contribution >= 4 is 5.96 Å². The Morgan fingerprint density at radius 1 is 1.17 bits per heavy atom. The number of nitrogens with zero attached hydrogens (tertiary/aromatic N) is 3. The third-order valence-electron chi connectivity index (χ3n) is 5.19. The molecule has 0 radical (unpaired) electrons. The summed E-state index contributed by atoms with van der Waals surface area (Å²) in [5.41, 5.74) is 3.19. The molecule has 158 valence electrons. The normalized spacial score (nSPS) is 14.9. The van der Waals surface area contributed by atoms with Crippen molar-refractivity contribution in [3.05, 3.63) is 40.9 Å². The molecule has 0 atom stereocenters. The fourth-order valence-corrected chi connectivity index (χ4v) is 3.57. The van der Waals surface area contributed by atoms with Crippen molar-refractivity contribution in [2.24, 2.45) is 4.99 Å². The number of nitrogens with one attached hydrogen (secondary N) is 2. The Morgan fingerprint density at radius 3 is 2.66 bits per heavy atom. The average Bonchev–Trinajstić information content (AvgIpc) is 3.40. The van der Waals surface area contributed by atoms with E-state index in [0.717, 1.165) is 60.8 Å². The molecule has 0 aromatic carbocycles. The maximum Gasteiger partial charge on any atom is 0.213 e. The van der Waals surface area contributed by atoms with Gasteiger partial charge in [0.15, 0.2) is 5.96 Å². The van der Waals surface area contributed by atoms with E-state index in [-0.39, 0.29) is 0 Å². The van der Waals surface area contributed by atoms with Crippen LogP contribution in [0.5, 0.6) is 5.88 Å². The van der Waals surface area contributed by atoms with Crippen molar-refractivity contribution in [3.63, 3.8) is 0 Å². The first-order valence-electron chi connectivity index (χ1n) is 10.8. The molecule has 1 aliphatic rings. The molecule has 29 heavy (non-hydrogen) atoms. The molecular weight excluding hydrogens is 366 g/mol. The number of aryl methyl sites for hydroxylation is 2. The van der Waals surface area contributed by atoms with Crippen LogP contribution in [0.1, 0.15) is 69.0 Å². The highest BCUT2D eigenvalue weighted by molar-refractivity contribution is 5.79. The highest BCUT2D eigenvalue weighted by Crippen LogP contribution is 2.23. The minimum absolute atomic E-state index is 0.328. The van der Waals surface area contributed by atoms with Crippen LogP contribution in [0, 0.1) is 0 Å². The fraction of sp³-hybridized carbons (Fsp3) is 0.591. The van der Waals surface area contributed by atoms with Crippen molar-refractivity contribution in [3.8, 4) is 5.88 Å². The van der Waals surface area contributed by atoms with Crippen LogP contribution in [0.25, 0.3) is 0 Å². The summed E-state index contributed by atoms with van der Waals surface area (Å²) < 4.78 is 11.4. The molecule has 7 heteroatoms. The molecule has 7 nitrogen and oxygen atoms in total. The van der Waals surface area contributed by atoms with E-state index in [1.54, 1.807) is 0 Å². The maximum absolute atomic E-state index is 5.93. The van der Waals surface area contributed by atoms with Crippen molar-refractivity contribution in [2.45, 2.75) is 78.5 Å². The van der Waals surface area contributed by atoms with Crippen LogP contribution in [0.2, 0.25) is 0 Å². The second-order valence-corrected chi connectivity index (χ2v) is 7.32. The lowest BCUT2D eigenvalue weighted by Crippen LogP contribution is -2.37. The summed E-state index contributed by atoms with van der Waals surface area (Å²) in [6.45, 7) is 8.22. The predicted molar refractivity (Wildman–Crippen MR) is 114 cm³/mol. The second-order valence-electron chi connectivity index (χ2n) is 7.32. The van der Waals surface area contributed by atoms with E-state index in [2.05, 4.69) is 46.5 Å². The summed E-state index contributed by atoms with van der Waals surface area (Å²) in [4.78, 5) is 9.13. The van der Waals surface area contributed by atoms with Crippen molar-refractivity contribution < 1.29 is 9.26 Å². The van der Waals surface area contributed by atoms with Gasteiger partial charge in [0.1, 0.15) is 11.9 Å². The number of ether oxygens (including phenoxy) is 1. The SMILES string of the molecule is CCNC(=NCc1ccc(OC2CCCC2)nc1)NCc1c(CC)noc1CC. The quantitative estimate of drug-likeness (QED) is 0.493. The van der Waals surface area contributed by atoms with E-state index in [1.807, 2.05) is 18.3 Å². The smallest absolute Gasteiger partial charge is 0.213 e. The van der Waals surface area contributed by atoms with Gasteiger partial charge >= 0.3 is 0 Å². The van der Waals surface area contributed by atoms with Gasteiger partial charge in [-0.3, -0.25) is 0 Å². The first kappa shape index (κ1) is 21.1. The van der Waals surface area contributed by atoms with E-state index in [9.17, 15) is 0 Å². The third-order valence-corrected chi connectivity index (χ3v) is 5.19. The van der Waals surface area contributed by atoms with E-state index in [1.165, 1.54) is 12.8 Å².